The minimum absolute atomic E-state index is 0.310. The normalized spacial score (nSPS) is 13.3. The van der Waals surface area contributed by atoms with E-state index in [1.807, 2.05) is 0 Å². The number of amides is 1. The maximum Gasteiger partial charge on any atom is 0.249 e. The Balaban J connectivity index is 3.51. The zero-order chi connectivity index (χ0) is 44.4. The van der Waals surface area contributed by atoms with E-state index in [4.69, 9.17) is 0 Å². The summed E-state index contributed by atoms with van der Waals surface area (Å²) < 4.78 is 0. The number of rotatable bonds is 52. The minimum Gasteiger partial charge on any atom is -0.394 e. The van der Waals surface area contributed by atoms with Gasteiger partial charge in [0.05, 0.1) is 18.8 Å². The molecular formula is C56H111NO4. The lowest BCUT2D eigenvalue weighted by Crippen LogP contribution is -2.49. The molecule has 0 aromatic carbocycles. The topological polar surface area (TPSA) is 89.8 Å². The molecule has 5 nitrogen and oxygen atoms in total. The van der Waals surface area contributed by atoms with Crippen LogP contribution in [0.5, 0.6) is 0 Å². The molecule has 0 saturated carbocycles. The fraction of sp³-hybridized carbons (Fsp3) is 0.946. The number of aliphatic hydroxyl groups is 3. The average molecular weight is 863 g/mol. The monoisotopic (exact) mass is 862 g/mol. The van der Waals surface area contributed by atoms with Gasteiger partial charge in [0.15, 0.2) is 0 Å². The van der Waals surface area contributed by atoms with Crippen LogP contribution < -0.4 is 5.32 Å². The van der Waals surface area contributed by atoms with Crippen LogP contribution in [0.4, 0.5) is 0 Å². The van der Waals surface area contributed by atoms with Crippen LogP contribution in [0.2, 0.25) is 0 Å². The van der Waals surface area contributed by atoms with Crippen molar-refractivity contribution in [1.82, 2.24) is 5.32 Å². The van der Waals surface area contributed by atoms with Gasteiger partial charge in [-0.3, -0.25) is 4.79 Å². The second-order valence-corrected chi connectivity index (χ2v) is 19.5. The van der Waals surface area contributed by atoms with Gasteiger partial charge < -0.3 is 20.6 Å². The van der Waals surface area contributed by atoms with Gasteiger partial charge in [0, 0.05) is 0 Å². The van der Waals surface area contributed by atoms with Crippen molar-refractivity contribution in [2.75, 3.05) is 6.61 Å². The maximum absolute atomic E-state index is 12.6. The van der Waals surface area contributed by atoms with E-state index in [-0.39, 0.29) is 6.61 Å². The Hall–Kier alpha value is -0.910. The molecule has 0 aliphatic carbocycles. The van der Waals surface area contributed by atoms with Crippen molar-refractivity contribution in [2.45, 2.75) is 334 Å². The molecule has 3 unspecified atom stereocenters. The van der Waals surface area contributed by atoms with E-state index < -0.39 is 24.2 Å². The quantitative estimate of drug-likeness (QED) is 0.0362. The van der Waals surface area contributed by atoms with E-state index in [9.17, 15) is 20.1 Å². The Kier molecular flexibility index (Phi) is 51.0. The standard InChI is InChI=1S/C56H111NO4/c1-3-5-7-9-11-13-15-17-19-21-23-24-25-26-27-28-29-30-31-33-35-37-39-41-43-45-47-49-51-55(60)56(61)57-53(52-58)54(59)50-48-46-44-42-40-38-36-34-32-22-20-18-16-14-12-10-8-6-4-2/h26-27,53-55,58-60H,3-25,28-52H2,1-2H3,(H,57,61)/b27-26-. The van der Waals surface area contributed by atoms with Crippen molar-refractivity contribution in [3.8, 4) is 0 Å². The molecule has 61 heavy (non-hydrogen) atoms. The fourth-order valence-corrected chi connectivity index (χ4v) is 9.01. The smallest absolute Gasteiger partial charge is 0.249 e. The van der Waals surface area contributed by atoms with Crippen LogP contribution in [-0.4, -0.2) is 46.1 Å². The lowest BCUT2D eigenvalue weighted by molar-refractivity contribution is -0.131. The van der Waals surface area contributed by atoms with E-state index in [1.165, 1.54) is 257 Å². The van der Waals surface area contributed by atoms with Gasteiger partial charge in [-0.05, 0) is 38.5 Å². The predicted molar refractivity (Wildman–Crippen MR) is 269 cm³/mol. The van der Waals surface area contributed by atoms with Crippen LogP contribution in [0.3, 0.4) is 0 Å². The van der Waals surface area contributed by atoms with Gasteiger partial charge in [0.25, 0.3) is 0 Å². The maximum atomic E-state index is 12.6. The van der Waals surface area contributed by atoms with Gasteiger partial charge in [-0.2, -0.15) is 0 Å². The summed E-state index contributed by atoms with van der Waals surface area (Å²) in [6.07, 6.45) is 64.0. The van der Waals surface area contributed by atoms with Crippen LogP contribution in [0.1, 0.15) is 316 Å². The number of hydrogen-bond donors (Lipinski definition) is 4. The molecule has 0 heterocycles. The van der Waals surface area contributed by atoms with Crippen LogP contribution in [0.25, 0.3) is 0 Å². The highest BCUT2D eigenvalue weighted by molar-refractivity contribution is 5.80. The second kappa shape index (κ2) is 51.7. The first-order valence-electron chi connectivity index (χ1n) is 28.0. The molecule has 364 valence electrons. The van der Waals surface area contributed by atoms with Gasteiger partial charge in [-0.1, -0.05) is 289 Å². The molecular weight excluding hydrogens is 751 g/mol. The van der Waals surface area contributed by atoms with Crippen LogP contribution >= 0.6 is 0 Å². The predicted octanol–water partition coefficient (Wildman–Crippen LogP) is 17.1. The molecule has 0 aliphatic rings. The number of carbonyl (C=O) groups is 1. The highest BCUT2D eigenvalue weighted by Crippen LogP contribution is 2.18. The first kappa shape index (κ1) is 60.1. The molecule has 0 spiro atoms. The summed E-state index contributed by atoms with van der Waals surface area (Å²) in [6, 6.07) is -0.710. The van der Waals surface area contributed by atoms with Crippen molar-refractivity contribution in [3.63, 3.8) is 0 Å². The molecule has 0 rings (SSSR count). The van der Waals surface area contributed by atoms with Crippen molar-refractivity contribution < 1.29 is 20.1 Å². The molecule has 0 aromatic rings. The van der Waals surface area contributed by atoms with E-state index in [1.54, 1.807) is 0 Å². The number of nitrogens with one attached hydrogen (secondary N) is 1. The van der Waals surface area contributed by atoms with E-state index in [2.05, 4.69) is 31.3 Å². The van der Waals surface area contributed by atoms with Crippen LogP contribution in [0.15, 0.2) is 12.2 Å². The molecule has 0 fully saturated rings. The molecule has 0 radical (unpaired) electrons. The number of unbranched alkanes of at least 4 members (excludes halogenated alkanes) is 42. The number of hydrogen-bond acceptors (Lipinski definition) is 4. The summed E-state index contributed by atoms with van der Waals surface area (Å²) in [5.41, 5.74) is 0. The first-order valence-corrected chi connectivity index (χ1v) is 28.0. The Bertz CT molecular complexity index is 864. The van der Waals surface area contributed by atoms with Crippen LogP contribution in [0, 0.1) is 0 Å². The molecule has 0 aliphatic heterocycles. The lowest BCUT2D eigenvalue weighted by Gasteiger charge is -2.23. The number of aliphatic hydroxyl groups excluding tert-OH is 3. The largest absolute Gasteiger partial charge is 0.394 e. The average Bonchev–Trinajstić information content (AvgIpc) is 3.26. The van der Waals surface area contributed by atoms with E-state index >= 15 is 0 Å². The van der Waals surface area contributed by atoms with Gasteiger partial charge in [-0.15, -0.1) is 0 Å². The molecule has 0 bridgehead atoms. The lowest BCUT2D eigenvalue weighted by atomic mass is 10.0. The Labute approximate surface area is 382 Å². The summed E-state index contributed by atoms with van der Waals surface area (Å²) in [5.74, 6) is -0.465. The van der Waals surface area contributed by atoms with Crippen molar-refractivity contribution in [1.29, 1.82) is 0 Å². The molecule has 4 N–H and O–H groups in total. The first-order chi connectivity index (χ1) is 30.1. The van der Waals surface area contributed by atoms with Gasteiger partial charge in [-0.25, -0.2) is 0 Å². The summed E-state index contributed by atoms with van der Waals surface area (Å²) in [6.45, 7) is 4.27. The number of carbonyl (C=O) groups excluding carboxylic acids is 1. The molecule has 5 heteroatoms. The third-order valence-corrected chi connectivity index (χ3v) is 13.4. The van der Waals surface area contributed by atoms with Gasteiger partial charge in [0.2, 0.25) is 5.91 Å². The van der Waals surface area contributed by atoms with Crippen molar-refractivity contribution in [2.24, 2.45) is 0 Å². The Morgan fingerprint density at radius 1 is 0.377 bits per heavy atom. The van der Waals surface area contributed by atoms with Gasteiger partial charge in [0.1, 0.15) is 6.10 Å². The second-order valence-electron chi connectivity index (χ2n) is 19.5. The molecule has 3 atom stereocenters. The van der Waals surface area contributed by atoms with E-state index in [0.717, 1.165) is 32.1 Å². The Morgan fingerprint density at radius 2 is 0.623 bits per heavy atom. The summed E-state index contributed by atoms with van der Waals surface area (Å²) in [7, 11) is 0. The fourth-order valence-electron chi connectivity index (χ4n) is 9.01. The summed E-state index contributed by atoms with van der Waals surface area (Å²) in [5, 5.41) is 33.5. The third-order valence-electron chi connectivity index (χ3n) is 13.4. The third kappa shape index (κ3) is 46.9. The molecule has 0 saturated heterocycles. The van der Waals surface area contributed by atoms with Gasteiger partial charge >= 0.3 is 0 Å². The highest BCUT2D eigenvalue weighted by Gasteiger charge is 2.23. The summed E-state index contributed by atoms with van der Waals surface area (Å²) in [4.78, 5) is 12.6. The Morgan fingerprint density at radius 3 is 0.902 bits per heavy atom. The molecule has 1 amide bonds. The number of allylic oxidation sites excluding steroid dienone is 2. The molecule has 0 aromatic heterocycles. The zero-order valence-electron chi connectivity index (χ0n) is 41.6. The van der Waals surface area contributed by atoms with Crippen LogP contribution in [-0.2, 0) is 4.79 Å². The zero-order valence-corrected chi connectivity index (χ0v) is 41.6. The summed E-state index contributed by atoms with van der Waals surface area (Å²) >= 11 is 0. The van der Waals surface area contributed by atoms with E-state index in [0.29, 0.717) is 12.8 Å². The van der Waals surface area contributed by atoms with Crippen molar-refractivity contribution >= 4 is 5.91 Å². The minimum atomic E-state index is -1.07. The highest BCUT2D eigenvalue weighted by atomic mass is 16.3. The SMILES string of the molecule is CCCCCCCCCCCCCC/C=C\CCCCCCCCCCCCCCC(O)C(=O)NC(CO)C(O)CCCCCCCCCCCCCCCCCCCCC. The van der Waals surface area contributed by atoms with Crippen molar-refractivity contribution in [3.05, 3.63) is 12.2 Å².